The summed E-state index contributed by atoms with van der Waals surface area (Å²) in [6.45, 7) is 6.50. The van der Waals surface area contributed by atoms with Crippen LogP contribution in [0.3, 0.4) is 0 Å². The summed E-state index contributed by atoms with van der Waals surface area (Å²) in [5.41, 5.74) is 0.625. The molecule has 0 fully saturated rings. The fourth-order valence-corrected chi connectivity index (χ4v) is 1.50. The predicted octanol–water partition coefficient (Wildman–Crippen LogP) is -0.866. The Bertz CT molecular complexity index is 325. The van der Waals surface area contributed by atoms with E-state index in [2.05, 4.69) is 5.32 Å². The summed E-state index contributed by atoms with van der Waals surface area (Å²) in [7, 11) is 0. The molecule has 0 aliphatic heterocycles. The molecule has 1 aromatic carbocycles. The van der Waals surface area contributed by atoms with Crippen LogP contribution < -0.4 is 29.3 Å². The molecule has 84 valence electrons. The molecule has 16 heavy (non-hydrogen) atoms. The second-order valence-corrected chi connectivity index (χ2v) is 5.05. The number of hydrogen-bond donors (Lipinski definition) is 1. The molecule has 0 heterocycles. The Morgan fingerprint density at radius 2 is 1.88 bits per heavy atom. The Kier molecular flexibility index (Phi) is 6.70. The van der Waals surface area contributed by atoms with Gasteiger partial charge in [0.15, 0.2) is 0 Å². The number of rotatable bonds is 3. The Hall–Kier alpha value is 0.0274. The summed E-state index contributed by atoms with van der Waals surface area (Å²) in [6, 6.07) is 7.20. The van der Waals surface area contributed by atoms with Gasteiger partial charge in [0.2, 0.25) is 0 Å². The van der Waals surface area contributed by atoms with Crippen LogP contribution in [0.15, 0.2) is 24.3 Å². The van der Waals surface area contributed by atoms with E-state index in [1.165, 1.54) is 0 Å². The van der Waals surface area contributed by atoms with Crippen molar-refractivity contribution < 1.29 is 24.0 Å². The van der Waals surface area contributed by atoms with Gasteiger partial charge in [0.1, 0.15) is 0 Å². The second kappa shape index (κ2) is 6.69. The van der Waals surface area contributed by atoms with Gasteiger partial charge < -0.3 is 10.4 Å². The summed E-state index contributed by atoms with van der Waals surface area (Å²) in [4.78, 5) is 0. The zero-order valence-electron chi connectivity index (χ0n) is 10.4. The van der Waals surface area contributed by atoms with Crippen LogP contribution in [0.4, 0.5) is 0 Å². The first kappa shape index (κ1) is 16.0. The van der Waals surface area contributed by atoms with Gasteiger partial charge in [-0.2, -0.15) is 0 Å². The normalized spacial score (nSPS) is 13.1. The minimum absolute atomic E-state index is 0. The average molecular weight is 234 g/mol. The topological polar surface area (TPSA) is 35.1 Å². The second-order valence-electron chi connectivity index (χ2n) is 4.64. The first-order chi connectivity index (χ1) is 6.90. The molecule has 0 saturated carbocycles. The van der Waals surface area contributed by atoms with Crippen LogP contribution in [-0.4, -0.2) is 12.1 Å². The van der Waals surface area contributed by atoms with Crippen LogP contribution in [0, 0.1) is 0 Å². The fourth-order valence-electron chi connectivity index (χ4n) is 1.25. The summed E-state index contributed by atoms with van der Waals surface area (Å²) in [5.74, 6) is 0. The molecule has 1 unspecified atom stereocenters. The van der Waals surface area contributed by atoms with Gasteiger partial charge in [0.05, 0.1) is 0 Å². The third-order valence-corrected chi connectivity index (χ3v) is 2.41. The summed E-state index contributed by atoms with van der Waals surface area (Å²) in [6.07, 6.45) is -0.807. The minimum atomic E-state index is -0.807. The Labute approximate surface area is 115 Å². The molecule has 0 saturated heterocycles. The van der Waals surface area contributed by atoms with Crippen LogP contribution >= 0.6 is 11.6 Å². The molecular weight excluding hydrogens is 217 g/mol. The molecule has 0 aromatic heterocycles. The van der Waals surface area contributed by atoms with Crippen molar-refractivity contribution in [2.45, 2.75) is 32.4 Å². The van der Waals surface area contributed by atoms with E-state index in [0.29, 0.717) is 17.1 Å². The first-order valence-corrected chi connectivity index (χ1v) is 5.43. The molecule has 1 N–H and O–H groups in total. The summed E-state index contributed by atoms with van der Waals surface area (Å²) >= 11 is 5.94. The van der Waals surface area contributed by atoms with E-state index in [4.69, 9.17) is 11.6 Å². The van der Waals surface area contributed by atoms with Crippen molar-refractivity contribution in [3.05, 3.63) is 34.9 Å². The maximum absolute atomic E-state index is 11.8. The van der Waals surface area contributed by atoms with Gasteiger partial charge in [-0.05, 0) is 38.9 Å². The smallest absolute Gasteiger partial charge is 0.848 e. The average Bonchev–Trinajstić information content (AvgIpc) is 2.14. The van der Waals surface area contributed by atoms with E-state index in [1.54, 1.807) is 12.1 Å². The van der Waals surface area contributed by atoms with E-state index >= 15 is 0 Å². The monoisotopic (exact) mass is 233 g/mol. The zero-order chi connectivity index (χ0) is 11.5. The SMILES string of the molecule is CC(C)(C)NCC([O-])c1ccccc1Cl.[Li+]. The van der Waals surface area contributed by atoms with E-state index in [9.17, 15) is 5.11 Å². The molecule has 1 atom stereocenters. The standard InChI is InChI=1S/C12H17ClNO.Li/c1-12(2,3)14-8-11(15)9-6-4-5-7-10(9)13;/h4-7,11,14H,8H2,1-3H3;/q-1;+1. The number of hydrogen-bond acceptors (Lipinski definition) is 2. The van der Waals surface area contributed by atoms with Crippen molar-refractivity contribution in [3.63, 3.8) is 0 Å². The number of nitrogens with one attached hydrogen (secondary N) is 1. The minimum Gasteiger partial charge on any atom is -0.848 e. The van der Waals surface area contributed by atoms with E-state index in [-0.39, 0.29) is 24.4 Å². The van der Waals surface area contributed by atoms with Gasteiger partial charge in [0, 0.05) is 10.6 Å². The Balaban J connectivity index is 0.00000225. The van der Waals surface area contributed by atoms with Crippen LogP contribution in [0.2, 0.25) is 5.02 Å². The van der Waals surface area contributed by atoms with Crippen molar-refractivity contribution in [2.75, 3.05) is 6.54 Å². The maximum Gasteiger partial charge on any atom is 1.00 e. The van der Waals surface area contributed by atoms with Crippen LogP contribution in [-0.2, 0) is 0 Å². The molecule has 0 bridgehead atoms. The van der Waals surface area contributed by atoms with Gasteiger partial charge in [-0.25, -0.2) is 0 Å². The molecule has 0 amide bonds. The largest absolute Gasteiger partial charge is 1.00 e. The number of halogens is 1. The van der Waals surface area contributed by atoms with E-state index in [1.807, 2.05) is 32.9 Å². The van der Waals surface area contributed by atoms with Gasteiger partial charge in [0.25, 0.3) is 0 Å². The molecule has 0 spiro atoms. The van der Waals surface area contributed by atoms with Gasteiger partial charge in [-0.1, -0.05) is 35.9 Å². The number of benzene rings is 1. The fraction of sp³-hybridized carbons (Fsp3) is 0.500. The molecule has 0 radical (unpaired) electrons. The quantitative estimate of drug-likeness (QED) is 0.690. The maximum atomic E-state index is 11.8. The van der Waals surface area contributed by atoms with Crippen molar-refractivity contribution in [1.29, 1.82) is 0 Å². The molecule has 0 aliphatic carbocycles. The summed E-state index contributed by atoms with van der Waals surface area (Å²) in [5, 5.41) is 15.6. The zero-order valence-corrected chi connectivity index (χ0v) is 11.1. The van der Waals surface area contributed by atoms with Crippen LogP contribution in [0.5, 0.6) is 0 Å². The third kappa shape index (κ3) is 5.38. The van der Waals surface area contributed by atoms with Gasteiger partial charge in [-0.15, -0.1) is 0 Å². The molecule has 1 rings (SSSR count). The molecule has 0 aliphatic rings. The Morgan fingerprint density at radius 1 is 1.31 bits per heavy atom. The van der Waals surface area contributed by atoms with Gasteiger partial charge >= 0.3 is 18.9 Å². The van der Waals surface area contributed by atoms with Crippen molar-refractivity contribution in [3.8, 4) is 0 Å². The van der Waals surface area contributed by atoms with Crippen LogP contribution in [0.1, 0.15) is 32.4 Å². The van der Waals surface area contributed by atoms with Crippen LogP contribution in [0.25, 0.3) is 0 Å². The molecular formula is C12H17ClLiNO. The van der Waals surface area contributed by atoms with Crippen molar-refractivity contribution in [1.82, 2.24) is 5.32 Å². The third-order valence-electron chi connectivity index (χ3n) is 2.07. The first-order valence-electron chi connectivity index (χ1n) is 5.05. The molecule has 4 heteroatoms. The van der Waals surface area contributed by atoms with Gasteiger partial charge in [-0.3, -0.25) is 0 Å². The Morgan fingerprint density at radius 3 is 2.38 bits per heavy atom. The summed E-state index contributed by atoms with van der Waals surface area (Å²) < 4.78 is 0. The van der Waals surface area contributed by atoms with Crippen molar-refractivity contribution >= 4 is 11.6 Å². The van der Waals surface area contributed by atoms with E-state index < -0.39 is 6.10 Å². The van der Waals surface area contributed by atoms with E-state index in [0.717, 1.165) is 0 Å². The molecule has 2 nitrogen and oxygen atoms in total. The predicted molar refractivity (Wildman–Crippen MR) is 61.9 cm³/mol. The molecule has 1 aromatic rings. The van der Waals surface area contributed by atoms with Crippen molar-refractivity contribution in [2.24, 2.45) is 0 Å².